The molecule has 248 valence electrons. The van der Waals surface area contributed by atoms with Crippen molar-refractivity contribution in [3.8, 4) is 5.75 Å². The summed E-state index contributed by atoms with van der Waals surface area (Å²) in [5.74, 6) is -2.52. The molecule has 0 aromatic heterocycles. The van der Waals surface area contributed by atoms with Crippen molar-refractivity contribution >= 4 is 35.5 Å². The van der Waals surface area contributed by atoms with Gasteiger partial charge in [-0.1, -0.05) is 25.2 Å². The SMILES string of the molecule is COCOc1cc(N(CC(=O)N(C)C)C(=O)OC(C)(C)C)cc2c1C(=O)O[C@@H](C)[C@H](C)/C=C\C(=O)[C@H]1OC(C)(C)O[C@H]1CC=C2. The lowest BCUT2D eigenvalue weighted by Crippen LogP contribution is -2.43. The van der Waals surface area contributed by atoms with Crippen molar-refractivity contribution in [3.63, 3.8) is 0 Å². The molecule has 0 N–H and O–H groups in total. The summed E-state index contributed by atoms with van der Waals surface area (Å²) in [6.07, 6.45) is 3.98. The van der Waals surface area contributed by atoms with E-state index in [0.717, 1.165) is 0 Å². The molecular formula is C33H46N2O10. The van der Waals surface area contributed by atoms with Gasteiger partial charge < -0.3 is 33.3 Å². The smallest absolute Gasteiger partial charge is 0.415 e. The van der Waals surface area contributed by atoms with Crippen LogP contribution in [0.25, 0.3) is 6.08 Å². The Labute approximate surface area is 265 Å². The van der Waals surface area contributed by atoms with Crippen LogP contribution in [0.5, 0.6) is 5.75 Å². The van der Waals surface area contributed by atoms with Crippen molar-refractivity contribution in [2.24, 2.45) is 5.92 Å². The molecule has 2 heterocycles. The number of anilines is 1. The lowest BCUT2D eigenvalue weighted by molar-refractivity contribution is -0.152. The first kappa shape index (κ1) is 35.7. The van der Waals surface area contributed by atoms with Crippen LogP contribution < -0.4 is 9.64 Å². The number of carbonyl (C=O) groups excluding carboxylic acids is 4. The summed E-state index contributed by atoms with van der Waals surface area (Å²) in [5, 5.41) is 0. The number of esters is 1. The standard InChI is InChI=1S/C33H46N2O10/c1-20-14-15-24(36)29-25(43-33(6,7)44-29)13-11-12-22-16-23(17-26(41-19-40-10)28(22)30(38)42-21(20)2)35(18-27(37)34(8)9)31(39)45-32(3,4)5/h11-12,14-17,20-21,25,29H,13,18-19H2,1-10H3/b12-11?,15-14-/t20-,21+,25+,29-/m1/s1. The minimum absolute atomic E-state index is 0.0713. The summed E-state index contributed by atoms with van der Waals surface area (Å²) < 4.78 is 34.5. The average Bonchev–Trinajstić information content (AvgIpc) is 3.25. The van der Waals surface area contributed by atoms with Crippen molar-refractivity contribution in [1.29, 1.82) is 0 Å². The summed E-state index contributed by atoms with van der Waals surface area (Å²) in [6.45, 7) is 11.6. The maximum atomic E-state index is 13.7. The van der Waals surface area contributed by atoms with Crippen LogP contribution in [0.2, 0.25) is 0 Å². The molecule has 1 fully saturated rings. The molecule has 0 bridgehead atoms. The van der Waals surface area contributed by atoms with Crippen LogP contribution in [0.4, 0.5) is 10.5 Å². The number of ketones is 1. The highest BCUT2D eigenvalue weighted by Crippen LogP contribution is 2.35. The Morgan fingerprint density at radius 1 is 1.07 bits per heavy atom. The number of hydrogen-bond acceptors (Lipinski definition) is 10. The number of amides is 2. The van der Waals surface area contributed by atoms with Crippen LogP contribution in [0.15, 0.2) is 30.4 Å². The maximum Gasteiger partial charge on any atom is 0.415 e. The molecule has 0 aliphatic carbocycles. The molecule has 12 nitrogen and oxygen atoms in total. The molecule has 2 aliphatic rings. The van der Waals surface area contributed by atoms with Crippen LogP contribution in [0, 0.1) is 5.92 Å². The topological polar surface area (TPSA) is 130 Å². The van der Waals surface area contributed by atoms with E-state index in [-0.39, 0.29) is 54.4 Å². The first-order valence-corrected chi connectivity index (χ1v) is 14.9. The fourth-order valence-corrected chi connectivity index (χ4v) is 4.63. The Morgan fingerprint density at radius 3 is 2.38 bits per heavy atom. The molecule has 0 unspecified atom stereocenters. The van der Waals surface area contributed by atoms with Gasteiger partial charge in [0.25, 0.3) is 0 Å². The molecule has 12 heteroatoms. The average molecular weight is 631 g/mol. The van der Waals surface area contributed by atoms with Gasteiger partial charge in [-0.05, 0) is 65.7 Å². The van der Waals surface area contributed by atoms with E-state index >= 15 is 0 Å². The van der Waals surface area contributed by atoms with Crippen LogP contribution >= 0.6 is 0 Å². The van der Waals surface area contributed by atoms with Gasteiger partial charge in [0.2, 0.25) is 5.91 Å². The van der Waals surface area contributed by atoms with E-state index in [2.05, 4.69) is 0 Å². The number of cyclic esters (lactones) is 1. The summed E-state index contributed by atoms with van der Waals surface area (Å²) in [7, 11) is 4.59. The first-order chi connectivity index (χ1) is 20.9. The summed E-state index contributed by atoms with van der Waals surface area (Å²) in [5.41, 5.74) is -0.188. The predicted octanol–water partition coefficient (Wildman–Crippen LogP) is 4.74. The van der Waals surface area contributed by atoms with E-state index in [1.807, 2.05) is 6.92 Å². The first-order valence-electron chi connectivity index (χ1n) is 14.9. The number of rotatable bonds is 6. The zero-order valence-electron chi connectivity index (χ0n) is 27.9. The Kier molecular flexibility index (Phi) is 11.6. The third-order valence-corrected chi connectivity index (χ3v) is 7.10. The maximum absolute atomic E-state index is 13.7. The van der Waals surface area contributed by atoms with E-state index in [9.17, 15) is 19.2 Å². The van der Waals surface area contributed by atoms with Gasteiger partial charge in [-0.15, -0.1) is 0 Å². The molecule has 4 atom stereocenters. The second-order valence-corrected chi connectivity index (χ2v) is 12.8. The largest absolute Gasteiger partial charge is 0.467 e. The van der Waals surface area contributed by atoms with Gasteiger partial charge in [0.15, 0.2) is 18.4 Å². The van der Waals surface area contributed by atoms with Gasteiger partial charge in [0, 0.05) is 33.2 Å². The molecule has 2 amide bonds. The van der Waals surface area contributed by atoms with E-state index in [0.29, 0.717) is 5.56 Å². The highest BCUT2D eigenvalue weighted by atomic mass is 16.8. The fraction of sp³-hybridized carbons (Fsp3) is 0.576. The van der Waals surface area contributed by atoms with Crippen molar-refractivity contribution in [1.82, 2.24) is 4.90 Å². The van der Waals surface area contributed by atoms with Gasteiger partial charge in [0.05, 0.1) is 11.8 Å². The zero-order chi connectivity index (χ0) is 33.7. The number of fused-ring (bicyclic) bond motifs is 2. The zero-order valence-corrected chi connectivity index (χ0v) is 27.9. The Balaban J connectivity index is 2.22. The number of methoxy groups -OCH3 is 1. The van der Waals surface area contributed by atoms with E-state index in [1.165, 1.54) is 29.1 Å². The molecule has 3 rings (SSSR count). The molecule has 1 saturated heterocycles. The minimum atomic E-state index is -0.974. The number of carbonyl (C=O) groups is 4. The van der Waals surface area contributed by atoms with Gasteiger partial charge >= 0.3 is 12.1 Å². The molecule has 2 aliphatic heterocycles. The quantitative estimate of drug-likeness (QED) is 0.321. The fourth-order valence-electron chi connectivity index (χ4n) is 4.63. The second-order valence-electron chi connectivity index (χ2n) is 12.8. The minimum Gasteiger partial charge on any atom is -0.467 e. The van der Waals surface area contributed by atoms with Crippen LogP contribution in [-0.4, -0.2) is 92.9 Å². The van der Waals surface area contributed by atoms with Gasteiger partial charge in [0.1, 0.15) is 35.7 Å². The van der Waals surface area contributed by atoms with Crippen LogP contribution in [-0.2, 0) is 33.3 Å². The molecule has 0 saturated carbocycles. The predicted molar refractivity (Wildman–Crippen MR) is 167 cm³/mol. The van der Waals surface area contributed by atoms with Crippen LogP contribution in [0.1, 0.15) is 70.8 Å². The Morgan fingerprint density at radius 2 is 1.76 bits per heavy atom. The van der Waals surface area contributed by atoms with Crippen molar-refractivity contribution in [2.75, 3.05) is 39.4 Å². The Bertz CT molecular complexity index is 1330. The summed E-state index contributed by atoms with van der Waals surface area (Å²) in [6, 6.07) is 3.06. The van der Waals surface area contributed by atoms with Crippen molar-refractivity contribution < 1.29 is 47.6 Å². The summed E-state index contributed by atoms with van der Waals surface area (Å²) in [4.78, 5) is 55.7. The highest BCUT2D eigenvalue weighted by molar-refractivity contribution is 6.00. The van der Waals surface area contributed by atoms with Crippen LogP contribution in [0.3, 0.4) is 0 Å². The number of nitrogens with zero attached hydrogens (tertiary/aromatic N) is 2. The molecule has 0 radical (unpaired) electrons. The molecule has 45 heavy (non-hydrogen) atoms. The molecule has 1 aromatic rings. The second kappa shape index (κ2) is 14.6. The molecule has 0 spiro atoms. The summed E-state index contributed by atoms with van der Waals surface area (Å²) >= 11 is 0. The third-order valence-electron chi connectivity index (χ3n) is 7.10. The number of hydrogen-bond donors (Lipinski definition) is 0. The Hall–Kier alpha value is -3.74. The van der Waals surface area contributed by atoms with E-state index in [1.54, 1.807) is 79.9 Å². The van der Waals surface area contributed by atoms with Gasteiger partial charge in [-0.3, -0.25) is 14.5 Å². The lowest BCUT2D eigenvalue weighted by atomic mass is 9.99. The van der Waals surface area contributed by atoms with Gasteiger partial charge in [-0.25, -0.2) is 9.59 Å². The van der Waals surface area contributed by atoms with Gasteiger partial charge in [-0.2, -0.15) is 0 Å². The molecular weight excluding hydrogens is 584 g/mol. The molecule has 1 aromatic carbocycles. The van der Waals surface area contributed by atoms with E-state index < -0.39 is 41.8 Å². The third kappa shape index (κ3) is 9.62. The number of likely N-dealkylation sites (N-methyl/N-ethyl adjacent to an activating group) is 1. The lowest BCUT2D eigenvalue weighted by Gasteiger charge is -2.29. The number of ether oxygens (including phenoxy) is 6. The normalized spacial score (nSPS) is 24.0. The number of benzene rings is 1. The highest BCUT2D eigenvalue weighted by Gasteiger charge is 2.43. The van der Waals surface area contributed by atoms with E-state index in [4.69, 9.17) is 28.4 Å². The van der Waals surface area contributed by atoms with Crippen molar-refractivity contribution in [2.45, 2.75) is 84.6 Å². The van der Waals surface area contributed by atoms with Crippen molar-refractivity contribution in [3.05, 3.63) is 41.5 Å². The monoisotopic (exact) mass is 630 g/mol.